The van der Waals surface area contributed by atoms with E-state index < -0.39 is 13.7 Å². The van der Waals surface area contributed by atoms with Gasteiger partial charge in [0, 0.05) is 77.5 Å². The molecule has 12 aromatic rings. The maximum Gasteiger partial charge on any atom is 0.213 e. The van der Waals surface area contributed by atoms with Gasteiger partial charge in [0.1, 0.15) is 28.2 Å². The van der Waals surface area contributed by atoms with E-state index in [0.29, 0.717) is 11.1 Å². The van der Waals surface area contributed by atoms with Crippen LogP contribution in [0.3, 0.4) is 0 Å². The molecule has 422 valence electrons. The molecule has 4 nitrogen and oxygen atoms in total. The Morgan fingerprint density at radius 1 is 0.235 bits per heavy atom. The minimum Gasteiger partial charge on any atom is -0.201 e. The van der Waals surface area contributed by atoms with Crippen LogP contribution in [0.25, 0.3) is 89.5 Å². The summed E-state index contributed by atoms with van der Waals surface area (Å²) in [6, 6.07) is 81.0. The van der Waals surface area contributed by atoms with Gasteiger partial charge in [-0.2, -0.15) is 0 Å². The summed E-state index contributed by atoms with van der Waals surface area (Å²) in [4.78, 5) is 0. The van der Waals surface area contributed by atoms with E-state index in [-0.39, 0.29) is 5.56 Å². The molecule has 4 heterocycles. The summed E-state index contributed by atoms with van der Waals surface area (Å²) < 4.78 is 54.9. The second-order valence-electron chi connectivity index (χ2n) is 22.2. The Morgan fingerprint density at radius 2 is 0.624 bits per heavy atom. The molecule has 4 heteroatoms. The highest BCUT2D eigenvalue weighted by molar-refractivity contribution is 5.75. The average Bonchev–Trinajstić information content (AvgIpc) is 0.948. The van der Waals surface area contributed by atoms with Crippen molar-refractivity contribution in [3.63, 3.8) is 0 Å². The first-order chi connectivity index (χ1) is 43.4. The first-order valence-electron chi connectivity index (χ1n) is 32.0. The molecule has 0 fully saturated rings. The molecule has 0 saturated carbocycles. The molecule has 0 spiro atoms. The summed E-state index contributed by atoms with van der Waals surface area (Å²) >= 11 is 0. The molecule has 0 aliphatic carbocycles. The third-order valence-corrected chi connectivity index (χ3v) is 15.8. The second kappa shape index (κ2) is 27.6. The number of aryl methyl sites for hydroxylation is 13. The molecule has 0 aliphatic heterocycles. The molecule has 0 radical (unpaired) electrons. The van der Waals surface area contributed by atoms with Crippen molar-refractivity contribution in [2.75, 3.05) is 0 Å². The monoisotopic (exact) mass is 1120 g/mol. The summed E-state index contributed by atoms with van der Waals surface area (Å²) in [7, 11) is 8.11. The van der Waals surface area contributed by atoms with Crippen LogP contribution in [0.15, 0.2) is 261 Å². The SMILES string of the molecule is Cc1cc(-c2ccc(-c3ccccc3)cc2C)[n+](C)cc1C.Cc1cc(-c2ccccc2)ccc1-c1cccc[n+]1C.Cc1ccc(-c2ccc(-c3ccccc3)cc2C)[n+](C)c1.[2H]C([2H])([2H])c1ccc(-c2cc(-c3ccccc3)c(C([2H])([2H])[2H])c[n+]2C)c(C)c1. The fraction of sp³-hybridized carbons (Fsp3) is 0.160. The van der Waals surface area contributed by atoms with Crippen LogP contribution in [-0.2, 0) is 28.2 Å². The fourth-order valence-corrected chi connectivity index (χ4v) is 11.0. The van der Waals surface area contributed by atoms with Crippen LogP contribution >= 0.6 is 0 Å². The largest absolute Gasteiger partial charge is 0.213 e. The minimum atomic E-state index is -2.25. The molecule has 4 aromatic heterocycles. The third kappa shape index (κ3) is 14.8. The Hall–Kier alpha value is -9.64. The van der Waals surface area contributed by atoms with Crippen LogP contribution in [-0.4, -0.2) is 0 Å². The topological polar surface area (TPSA) is 15.5 Å². The molecule has 8 aromatic carbocycles. The lowest BCUT2D eigenvalue weighted by Crippen LogP contribution is -2.31. The lowest BCUT2D eigenvalue weighted by atomic mass is 9.97. The molecule has 85 heavy (non-hydrogen) atoms. The van der Waals surface area contributed by atoms with Gasteiger partial charge in [-0.1, -0.05) is 175 Å². The minimum absolute atomic E-state index is 0.279. The summed E-state index contributed by atoms with van der Waals surface area (Å²) in [6.07, 6.45) is 8.09. The van der Waals surface area contributed by atoms with Crippen LogP contribution in [0.4, 0.5) is 0 Å². The Morgan fingerprint density at radius 3 is 1.06 bits per heavy atom. The van der Waals surface area contributed by atoms with Crippen molar-refractivity contribution in [1.82, 2.24) is 0 Å². The van der Waals surface area contributed by atoms with E-state index >= 15 is 0 Å². The van der Waals surface area contributed by atoms with Gasteiger partial charge < -0.3 is 0 Å². The zero-order valence-electron chi connectivity index (χ0n) is 57.1. The van der Waals surface area contributed by atoms with E-state index in [4.69, 9.17) is 8.22 Å². The fourth-order valence-electron chi connectivity index (χ4n) is 11.0. The van der Waals surface area contributed by atoms with Gasteiger partial charge >= 0.3 is 0 Å². The van der Waals surface area contributed by atoms with E-state index in [1.165, 1.54) is 101 Å². The van der Waals surface area contributed by atoms with E-state index in [1.54, 1.807) is 36.0 Å². The lowest BCUT2D eigenvalue weighted by molar-refractivity contribution is -0.660. The predicted octanol–water partition coefficient (Wildman–Crippen LogP) is 18.2. The Labute approximate surface area is 515 Å². The van der Waals surface area contributed by atoms with Gasteiger partial charge in [0.05, 0.1) is 0 Å². The van der Waals surface area contributed by atoms with Gasteiger partial charge in [-0.05, 0) is 171 Å². The van der Waals surface area contributed by atoms with Crippen molar-refractivity contribution >= 4 is 0 Å². The first kappa shape index (κ1) is 52.2. The normalized spacial score (nSPS) is 12.0. The third-order valence-electron chi connectivity index (χ3n) is 15.8. The average molecular weight is 1120 g/mol. The standard InChI is InChI=1S/2C21H22N.C20H20N.C19H18N/c1-15-13-21(22(4)14-17(15)3)20-11-10-19(12-16(20)2)18-8-6-5-7-9-18;1-15-10-11-19(16(2)12-15)21-13-20(17(3)14-22(21)4)18-8-6-5-7-9-18;1-15-9-12-20(21(3)14-15)19-11-10-18(13-16(19)2)17-7-5-4-6-8-17;1-15-14-17(16-8-4-3-5-9-16)11-12-18(15)19-10-6-7-13-20(19)2/h2*5-14H,1-4H3;4-14H,1-3H3;3-14H,1-2H3/q4*+1/i;1D3,3D3;;. The molecule has 0 atom stereocenters. The van der Waals surface area contributed by atoms with E-state index in [1.807, 2.05) is 43.3 Å². The Balaban J connectivity index is 0.000000145. The van der Waals surface area contributed by atoms with Crippen molar-refractivity contribution < 1.29 is 26.5 Å². The molecule has 0 bridgehead atoms. The van der Waals surface area contributed by atoms with E-state index in [0.717, 1.165) is 22.4 Å². The molecular weight excluding hydrogens is 1030 g/mol. The maximum absolute atomic E-state index is 7.93. The number of rotatable bonds is 8. The molecule has 0 unspecified atom stereocenters. The zero-order valence-corrected chi connectivity index (χ0v) is 51.1. The molecule has 0 saturated heterocycles. The summed E-state index contributed by atoms with van der Waals surface area (Å²) in [5, 5.41) is 0. The van der Waals surface area contributed by atoms with Gasteiger partial charge in [0.15, 0.2) is 24.8 Å². The highest BCUT2D eigenvalue weighted by Gasteiger charge is 2.19. The maximum atomic E-state index is 7.93. The predicted molar refractivity (Wildman–Crippen MR) is 357 cm³/mol. The number of pyridine rings is 4. The number of nitrogens with zero attached hydrogens (tertiary/aromatic N) is 4. The highest BCUT2D eigenvalue weighted by Crippen LogP contribution is 2.32. The van der Waals surface area contributed by atoms with Crippen LogP contribution in [0, 0.1) is 62.2 Å². The van der Waals surface area contributed by atoms with Crippen LogP contribution in [0.1, 0.15) is 58.3 Å². The molecule has 0 N–H and O–H groups in total. The molecular formula is C81H82N4+4. The number of benzene rings is 8. The zero-order chi connectivity index (χ0) is 65.1. The first-order valence-corrected chi connectivity index (χ1v) is 29.0. The highest BCUT2D eigenvalue weighted by atomic mass is 14.9. The lowest BCUT2D eigenvalue weighted by Gasteiger charge is -2.10. The van der Waals surface area contributed by atoms with Crippen LogP contribution in [0.2, 0.25) is 0 Å². The van der Waals surface area contributed by atoms with Crippen LogP contribution < -0.4 is 18.3 Å². The second-order valence-corrected chi connectivity index (χ2v) is 22.2. The van der Waals surface area contributed by atoms with Crippen molar-refractivity contribution in [2.45, 2.75) is 62.2 Å². The van der Waals surface area contributed by atoms with E-state index in [2.05, 4.69) is 277 Å². The van der Waals surface area contributed by atoms with Gasteiger partial charge in [-0.25, -0.2) is 18.3 Å². The van der Waals surface area contributed by atoms with Gasteiger partial charge in [0.2, 0.25) is 22.8 Å². The molecule has 0 aliphatic rings. The molecule has 12 rings (SSSR count). The van der Waals surface area contributed by atoms with Crippen molar-refractivity contribution in [3.8, 4) is 89.5 Å². The van der Waals surface area contributed by atoms with E-state index in [9.17, 15) is 0 Å². The van der Waals surface area contributed by atoms with Gasteiger partial charge in [-0.15, -0.1) is 0 Å². The number of hydrogen-bond donors (Lipinski definition) is 0. The van der Waals surface area contributed by atoms with Crippen molar-refractivity contribution in [1.29, 1.82) is 0 Å². The summed E-state index contributed by atoms with van der Waals surface area (Å²) in [5.41, 5.74) is 27.6. The van der Waals surface area contributed by atoms with Crippen LogP contribution in [0.5, 0.6) is 0 Å². The van der Waals surface area contributed by atoms with Gasteiger partial charge in [-0.3, -0.25) is 0 Å². The van der Waals surface area contributed by atoms with Crippen molar-refractivity contribution in [2.24, 2.45) is 28.2 Å². The van der Waals surface area contributed by atoms with Crippen molar-refractivity contribution in [3.05, 3.63) is 311 Å². The summed E-state index contributed by atoms with van der Waals surface area (Å²) in [5.74, 6) is 0. The number of hydrogen-bond acceptors (Lipinski definition) is 0. The quantitative estimate of drug-likeness (QED) is 0.135. The Bertz CT molecular complexity index is 4480. The smallest absolute Gasteiger partial charge is 0.201 e. The Kier molecular flexibility index (Phi) is 17.0. The summed E-state index contributed by atoms with van der Waals surface area (Å²) in [6.45, 7) is 10.5. The molecule has 0 amide bonds. The number of aromatic nitrogens is 4. The van der Waals surface area contributed by atoms with Gasteiger partial charge in [0.25, 0.3) is 0 Å².